The molecule has 0 bridgehead atoms. The van der Waals surface area contributed by atoms with E-state index in [4.69, 9.17) is 34.8 Å². The maximum absolute atomic E-state index is 13.3. The SMILES string of the molecule is Fc1cc(Cl)c(C(Br)c2ccc(Cl)cc2Cl)cc1F. The van der Waals surface area contributed by atoms with Crippen molar-refractivity contribution in [1.82, 2.24) is 0 Å². The zero-order valence-electron chi connectivity index (χ0n) is 9.23. The quantitative estimate of drug-likeness (QED) is 0.413. The lowest BCUT2D eigenvalue weighted by molar-refractivity contribution is 0.507. The molecule has 0 N–H and O–H groups in total. The molecule has 0 heterocycles. The Morgan fingerprint density at radius 3 is 2.05 bits per heavy atom. The fourth-order valence-corrected chi connectivity index (χ4v) is 3.43. The maximum atomic E-state index is 13.3. The summed E-state index contributed by atoms with van der Waals surface area (Å²) in [6.07, 6.45) is 0. The third-order valence-corrected chi connectivity index (χ3v) is 4.42. The van der Waals surface area contributed by atoms with Crippen LogP contribution in [0.1, 0.15) is 16.0 Å². The summed E-state index contributed by atoms with van der Waals surface area (Å²) in [6, 6.07) is 6.90. The Morgan fingerprint density at radius 1 is 0.842 bits per heavy atom. The van der Waals surface area contributed by atoms with Gasteiger partial charge in [0.1, 0.15) is 0 Å². The van der Waals surface area contributed by atoms with E-state index < -0.39 is 16.5 Å². The minimum atomic E-state index is -0.990. The van der Waals surface area contributed by atoms with E-state index >= 15 is 0 Å². The summed E-state index contributed by atoms with van der Waals surface area (Å²) in [4.78, 5) is -0.458. The Bertz CT molecular complexity index is 632. The molecule has 0 saturated heterocycles. The average Bonchev–Trinajstić information content (AvgIpc) is 2.33. The number of alkyl halides is 1. The number of hydrogen-bond donors (Lipinski definition) is 0. The van der Waals surface area contributed by atoms with Crippen molar-refractivity contribution in [2.45, 2.75) is 4.83 Å². The average molecular weight is 386 g/mol. The molecule has 0 fully saturated rings. The largest absolute Gasteiger partial charge is 0.204 e. The number of hydrogen-bond acceptors (Lipinski definition) is 0. The van der Waals surface area contributed by atoms with Gasteiger partial charge in [-0.05, 0) is 35.4 Å². The van der Waals surface area contributed by atoms with Gasteiger partial charge in [0.25, 0.3) is 0 Å². The summed E-state index contributed by atoms with van der Waals surface area (Å²) in [5.41, 5.74) is 1.06. The number of rotatable bonds is 2. The van der Waals surface area contributed by atoms with Crippen LogP contribution in [0.3, 0.4) is 0 Å². The third kappa shape index (κ3) is 3.22. The smallest absolute Gasteiger partial charge is 0.160 e. The van der Waals surface area contributed by atoms with Gasteiger partial charge in [0.15, 0.2) is 11.6 Å². The van der Waals surface area contributed by atoms with Crippen LogP contribution in [-0.4, -0.2) is 0 Å². The van der Waals surface area contributed by atoms with E-state index in [1.807, 2.05) is 0 Å². The third-order valence-electron chi connectivity index (χ3n) is 2.55. The van der Waals surface area contributed by atoms with Gasteiger partial charge < -0.3 is 0 Å². The second-order valence-electron chi connectivity index (χ2n) is 3.82. The molecule has 0 saturated carbocycles. The highest BCUT2D eigenvalue weighted by Gasteiger charge is 2.19. The molecular weight excluding hydrogens is 380 g/mol. The molecule has 0 aliphatic carbocycles. The van der Waals surface area contributed by atoms with E-state index in [2.05, 4.69) is 15.9 Å². The Morgan fingerprint density at radius 2 is 1.42 bits per heavy atom. The minimum Gasteiger partial charge on any atom is -0.204 e. The summed E-state index contributed by atoms with van der Waals surface area (Å²) in [6.45, 7) is 0. The van der Waals surface area contributed by atoms with Gasteiger partial charge in [-0.15, -0.1) is 0 Å². The summed E-state index contributed by atoms with van der Waals surface area (Å²) in [5.74, 6) is -1.95. The molecule has 0 spiro atoms. The molecule has 0 aliphatic heterocycles. The predicted octanol–water partition coefficient (Wildman–Crippen LogP) is 6.41. The lowest BCUT2D eigenvalue weighted by Gasteiger charge is -2.14. The van der Waals surface area contributed by atoms with Gasteiger partial charge in [-0.25, -0.2) is 8.78 Å². The van der Waals surface area contributed by atoms with E-state index in [-0.39, 0.29) is 5.02 Å². The van der Waals surface area contributed by atoms with E-state index in [0.29, 0.717) is 21.2 Å². The van der Waals surface area contributed by atoms with E-state index in [0.717, 1.165) is 12.1 Å². The molecule has 2 aromatic rings. The monoisotopic (exact) mass is 384 g/mol. The first-order valence-electron chi connectivity index (χ1n) is 5.13. The lowest BCUT2D eigenvalue weighted by Crippen LogP contribution is -1.98. The predicted molar refractivity (Wildman–Crippen MR) is 78.6 cm³/mol. The molecule has 6 heteroatoms. The topological polar surface area (TPSA) is 0 Å². The highest BCUT2D eigenvalue weighted by Crippen LogP contribution is 2.39. The van der Waals surface area contributed by atoms with Crippen LogP contribution >= 0.6 is 50.7 Å². The molecule has 0 radical (unpaired) electrons. The standard InChI is InChI=1S/C13H6BrCl3F2/c14-13(7-2-1-6(15)3-9(7)16)8-4-11(18)12(19)5-10(8)17/h1-5,13H. The van der Waals surface area contributed by atoms with Crippen LogP contribution in [0.2, 0.25) is 15.1 Å². The molecule has 1 atom stereocenters. The van der Waals surface area contributed by atoms with Gasteiger partial charge in [0.05, 0.1) is 4.83 Å². The Balaban J connectivity index is 2.49. The van der Waals surface area contributed by atoms with Crippen molar-refractivity contribution in [3.8, 4) is 0 Å². The molecular formula is C13H6BrCl3F2. The van der Waals surface area contributed by atoms with Gasteiger partial charge >= 0.3 is 0 Å². The van der Waals surface area contributed by atoms with Crippen LogP contribution in [0.4, 0.5) is 8.78 Å². The molecule has 0 nitrogen and oxygen atoms in total. The van der Waals surface area contributed by atoms with Gasteiger partial charge in [0.2, 0.25) is 0 Å². The maximum Gasteiger partial charge on any atom is 0.160 e. The Kier molecular flexibility index (Phi) is 4.72. The zero-order chi connectivity index (χ0) is 14.2. The lowest BCUT2D eigenvalue weighted by atomic mass is 10.0. The Hall–Kier alpha value is -0.350. The first-order chi connectivity index (χ1) is 8.90. The summed E-state index contributed by atoms with van der Waals surface area (Å²) in [7, 11) is 0. The second kappa shape index (κ2) is 5.96. The fourth-order valence-electron chi connectivity index (χ4n) is 1.61. The van der Waals surface area contributed by atoms with Gasteiger partial charge in [0, 0.05) is 15.1 Å². The molecule has 1 unspecified atom stereocenters. The van der Waals surface area contributed by atoms with Crippen LogP contribution in [0.25, 0.3) is 0 Å². The van der Waals surface area contributed by atoms with Crippen LogP contribution in [0, 0.1) is 11.6 Å². The number of benzene rings is 2. The highest BCUT2D eigenvalue weighted by atomic mass is 79.9. The first kappa shape index (κ1) is 15.0. The van der Waals surface area contributed by atoms with Crippen molar-refractivity contribution in [1.29, 1.82) is 0 Å². The minimum absolute atomic E-state index is 0.117. The van der Waals surface area contributed by atoms with E-state index in [9.17, 15) is 8.78 Å². The number of halogens is 6. The van der Waals surface area contributed by atoms with Crippen molar-refractivity contribution in [2.24, 2.45) is 0 Å². The summed E-state index contributed by atoms with van der Waals surface area (Å²) >= 11 is 21.2. The molecule has 2 rings (SSSR count). The van der Waals surface area contributed by atoms with E-state index in [1.165, 1.54) is 0 Å². The van der Waals surface area contributed by atoms with Crippen molar-refractivity contribution >= 4 is 50.7 Å². The van der Waals surface area contributed by atoms with E-state index in [1.54, 1.807) is 18.2 Å². The first-order valence-corrected chi connectivity index (χ1v) is 7.18. The molecule has 100 valence electrons. The van der Waals surface area contributed by atoms with Gasteiger partial charge in [-0.3, -0.25) is 0 Å². The van der Waals surface area contributed by atoms with Crippen LogP contribution < -0.4 is 0 Å². The molecule has 2 aromatic carbocycles. The van der Waals surface area contributed by atoms with Crippen molar-refractivity contribution < 1.29 is 8.78 Å². The Labute approximate surface area is 132 Å². The van der Waals surface area contributed by atoms with Crippen molar-refractivity contribution in [3.63, 3.8) is 0 Å². The molecule has 19 heavy (non-hydrogen) atoms. The highest BCUT2D eigenvalue weighted by molar-refractivity contribution is 9.09. The van der Waals surface area contributed by atoms with Gasteiger partial charge in [-0.1, -0.05) is 56.8 Å². The molecule has 0 amide bonds. The normalized spacial score (nSPS) is 12.5. The van der Waals surface area contributed by atoms with Crippen LogP contribution in [0.5, 0.6) is 0 Å². The van der Waals surface area contributed by atoms with Crippen LogP contribution in [0.15, 0.2) is 30.3 Å². The van der Waals surface area contributed by atoms with Crippen molar-refractivity contribution in [2.75, 3.05) is 0 Å². The van der Waals surface area contributed by atoms with Gasteiger partial charge in [-0.2, -0.15) is 0 Å². The van der Waals surface area contributed by atoms with Crippen molar-refractivity contribution in [3.05, 3.63) is 68.2 Å². The molecule has 0 aromatic heterocycles. The fraction of sp³-hybridized carbons (Fsp3) is 0.0769. The zero-order valence-corrected chi connectivity index (χ0v) is 13.1. The van der Waals surface area contributed by atoms with Crippen LogP contribution in [-0.2, 0) is 0 Å². The second-order valence-corrected chi connectivity index (χ2v) is 5.98. The molecule has 0 aliphatic rings. The summed E-state index contributed by atoms with van der Waals surface area (Å²) < 4.78 is 26.3. The summed E-state index contributed by atoms with van der Waals surface area (Å²) in [5, 5.41) is 1.02.